The smallest absolute Gasteiger partial charge is 0.321 e. The summed E-state index contributed by atoms with van der Waals surface area (Å²) in [6.45, 7) is 2.51. The van der Waals surface area contributed by atoms with Crippen LogP contribution in [0.4, 0.5) is 14.9 Å². The van der Waals surface area contributed by atoms with Gasteiger partial charge in [0.05, 0.1) is 18.4 Å². The first-order valence-corrected chi connectivity index (χ1v) is 6.55. The maximum Gasteiger partial charge on any atom is 0.321 e. The van der Waals surface area contributed by atoms with Crippen LogP contribution >= 0.6 is 11.3 Å². The summed E-state index contributed by atoms with van der Waals surface area (Å²) in [5, 5.41) is 2.51. The quantitative estimate of drug-likeness (QED) is 0.937. The minimum Gasteiger partial charge on any atom is -0.322 e. The monoisotopic (exact) mass is 279 g/mol. The number of nitrogens with one attached hydrogen (secondary N) is 1. The van der Waals surface area contributed by atoms with Gasteiger partial charge in [0, 0.05) is 23.0 Å². The number of thiophene rings is 1. The highest BCUT2D eigenvalue weighted by atomic mass is 32.1. The molecule has 0 saturated carbocycles. The van der Waals surface area contributed by atoms with E-state index in [4.69, 9.17) is 0 Å². The van der Waals surface area contributed by atoms with Gasteiger partial charge < -0.3 is 10.2 Å². The Bertz CT molecular complexity index is 585. The summed E-state index contributed by atoms with van der Waals surface area (Å²) >= 11 is 1.64. The van der Waals surface area contributed by atoms with Gasteiger partial charge in [0.25, 0.3) is 0 Å². The summed E-state index contributed by atoms with van der Waals surface area (Å²) in [5.41, 5.74) is 0.134. The lowest BCUT2D eigenvalue weighted by Gasteiger charge is -2.17. The molecule has 0 atom stereocenters. The molecule has 0 aliphatic heterocycles. The summed E-state index contributed by atoms with van der Waals surface area (Å²) < 4.78 is 13.3. The highest BCUT2D eigenvalue weighted by molar-refractivity contribution is 7.11. The van der Waals surface area contributed by atoms with Crippen LogP contribution < -0.4 is 5.32 Å². The van der Waals surface area contributed by atoms with E-state index in [2.05, 4.69) is 10.3 Å². The van der Waals surface area contributed by atoms with E-state index >= 15 is 0 Å². The molecule has 100 valence electrons. The number of hydrogen-bond donors (Lipinski definition) is 1. The predicted molar refractivity (Wildman–Crippen MR) is 73.7 cm³/mol. The van der Waals surface area contributed by atoms with Gasteiger partial charge in [-0.25, -0.2) is 9.18 Å². The third-order valence-corrected chi connectivity index (χ3v) is 3.54. The molecule has 0 fully saturated rings. The standard InChI is InChI=1S/C13H14FN3OS/c1-9-3-4-10(19-9)8-17(2)13(18)16-12-5-6-15-7-11(12)14/h3-7H,8H2,1-2H3,(H,15,16,18). The number of rotatable bonds is 3. The van der Waals surface area contributed by atoms with Crippen LogP contribution in [0.2, 0.25) is 0 Å². The Labute approximate surface area is 114 Å². The Morgan fingerprint density at radius 2 is 2.26 bits per heavy atom. The van der Waals surface area contributed by atoms with Crippen molar-refractivity contribution in [1.29, 1.82) is 0 Å². The first kappa shape index (κ1) is 13.5. The number of pyridine rings is 1. The molecule has 2 heterocycles. The fourth-order valence-corrected chi connectivity index (χ4v) is 2.51. The van der Waals surface area contributed by atoms with Crippen molar-refractivity contribution in [2.45, 2.75) is 13.5 Å². The zero-order valence-electron chi connectivity index (χ0n) is 10.7. The van der Waals surface area contributed by atoms with Gasteiger partial charge in [0.2, 0.25) is 0 Å². The number of hydrogen-bond acceptors (Lipinski definition) is 3. The van der Waals surface area contributed by atoms with Gasteiger partial charge in [-0.05, 0) is 25.1 Å². The van der Waals surface area contributed by atoms with E-state index in [9.17, 15) is 9.18 Å². The first-order valence-electron chi connectivity index (χ1n) is 5.73. The van der Waals surface area contributed by atoms with E-state index in [0.717, 1.165) is 11.1 Å². The van der Waals surface area contributed by atoms with E-state index in [1.165, 1.54) is 22.0 Å². The zero-order valence-corrected chi connectivity index (χ0v) is 11.5. The summed E-state index contributed by atoms with van der Waals surface area (Å²) in [6, 6.07) is 5.07. The van der Waals surface area contributed by atoms with Gasteiger partial charge in [0.1, 0.15) is 0 Å². The highest BCUT2D eigenvalue weighted by Crippen LogP contribution is 2.17. The molecule has 0 unspecified atom stereocenters. The lowest BCUT2D eigenvalue weighted by molar-refractivity contribution is 0.221. The number of anilines is 1. The average molecular weight is 279 g/mol. The third-order valence-electron chi connectivity index (χ3n) is 2.55. The van der Waals surface area contributed by atoms with E-state index in [-0.39, 0.29) is 11.7 Å². The van der Waals surface area contributed by atoms with Crippen LogP contribution in [0.1, 0.15) is 9.75 Å². The van der Waals surface area contributed by atoms with Crippen LogP contribution in [0.15, 0.2) is 30.6 Å². The van der Waals surface area contributed by atoms with Crippen molar-refractivity contribution in [1.82, 2.24) is 9.88 Å². The second kappa shape index (κ2) is 5.79. The molecule has 0 bridgehead atoms. The second-order valence-electron chi connectivity index (χ2n) is 4.15. The van der Waals surface area contributed by atoms with Crippen LogP contribution in [0, 0.1) is 12.7 Å². The Morgan fingerprint density at radius 3 is 2.89 bits per heavy atom. The Balaban J connectivity index is 1.98. The number of nitrogens with zero attached hydrogens (tertiary/aromatic N) is 2. The molecule has 0 aromatic carbocycles. The van der Waals surface area contributed by atoms with Crippen LogP contribution in [0.25, 0.3) is 0 Å². The number of carbonyl (C=O) groups excluding carboxylic acids is 1. The molecule has 2 aromatic heterocycles. The Hall–Kier alpha value is -1.95. The Kier molecular flexibility index (Phi) is 4.11. The molecule has 0 aliphatic rings. The number of halogens is 1. The molecule has 0 spiro atoms. The number of aryl methyl sites for hydroxylation is 1. The van der Waals surface area contributed by atoms with Gasteiger partial charge in [-0.3, -0.25) is 4.98 Å². The molecule has 0 saturated heterocycles. The van der Waals surface area contributed by atoms with Crippen LogP contribution in [-0.4, -0.2) is 23.0 Å². The molecule has 2 aromatic rings. The Morgan fingerprint density at radius 1 is 1.47 bits per heavy atom. The molecule has 1 N–H and O–H groups in total. The van der Waals surface area contributed by atoms with E-state index in [1.54, 1.807) is 18.4 Å². The van der Waals surface area contributed by atoms with Crippen molar-refractivity contribution in [2.24, 2.45) is 0 Å². The first-order chi connectivity index (χ1) is 9.06. The van der Waals surface area contributed by atoms with Crippen molar-refractivity contribution >= 4 is 23.1 Å². The van der Waals surface area contributed by atoms with Gasteiger partial charge in [0.15, 0.2) is 5.82 Å². The topological polar surface area (TPSA) is 45.2 Å². The van der Waals surface area contributed by atoms with Gasteiger partial charge in [-0.15, -0.1) is 11.3 Å². The minimum absolute atomic E-state index is 0.134. The summed E-state index contributed by atoms with van der Waals surface area (Å²) in [4.78, 5) is 19.3. The molecule has 2 rings (SSSR count). The van der Waals surface area contributed by atoms with Gasteiger partial charge >= 0.3 is 6.03 Å². The molecule has 0 aliphatic carbocycles. The summed E-state index contributed by atoms with van der Waals surface area (Å²) in [6.07, 6.45) is 2.50. The third kappa shape index (κ3) is 3.51. The van der Waals surface area contributed by atoms with Gasteiger partial charge in [-0.2, -0.15) is 0 Å². The SMILES string of the molecule is Cc1ccc(CN(C)C(=O)Nc2ccncc2F)s1. The minimum atomic E-state index is -0.545. The largest absolute Gasteiger partial charge is 0.322 e. The number of aromatic nitrogens is 1. The average Bonchev–Trinajstić information content (AvgIpc) is 2.77. The van der Waals surface area contributed by atoms with E-state index < -0.39 is 5.82 Å². The number of amides is 2. The molecular weight excluding hydrogens is 265 g/mol. The number of carbonyl (C=O) groups is 1. The van der Waals surface area contributed by atoms with Crippen LogP contribution in [0.5, 0.6) is 0 Å². The summed E-state index contributed by atoms with van der Waals surface area (Å²) in [5.74, 6) is -0.545. The molecule has 4 nitrogen and oxygen atoms in total. The molecular formula is C13H14FN3OS. The summed E-state index contributed by atoms with van der Waals surface area (Å²) in [7, 11) is 1.67. The fraction of sp³-hybridized carbons (Fsp3) is 0.231. The lowest BCUT2D eigenvalue weighted by Crippen LogP contribution is -2.30. The van der Waals surface area contributed by atoms with E-state index in [0.29, 0.717) is 6.54 Å². The van der Waals surface area contributed by atoms with Gasteiger partial charge in [-0.1, -0.05) is 0 Å². The van der Waals surface area contributed by atoms with Crippen molar-refractivity contribution in [3.8, 4) is 0 Å². The van der Waals surface area contributed by atoms with Crippen LogP contribution in [0.3, 0.4) is 0 Å². The second-order valence-corrected chi connectivity index (χ2v) is 5.53. The number of urea groups is 1. The van der Waals surface area contributed by atoms with Crippen molar-refractivity contribution in [3.63, 3.8) is 0 Å². The molecule has 6 heteroatoms. The predicted octanol–water partition coefficient (Wildman–Crippen LogP) is 3.25. The van der Waals surface area contributed by atoms with E-state index in [1.807, 2.05) is 19.1 Å². The maximum atomic E-state index is 13.3. The fourth-order valence-electron chi connectivity index (χ4n) is 1.56. The molecule has 19 heavy (non-hydrogen) atoms. The molecule has 2 amide bonds. The molecule has 0 radical (unpaired) electrons. The normalized spacial score (nSPS) is 10.3. The zero-order chi connectivity index (χ0) is 13.8. The van der Waals surface area contributed by atoms with Crippen molar-refractivity contribution < 1.29 is 9.18 Å². The highest BCUT2D eigenvalue weighted by Gasteiger charge is 2.12. The van der Waals surface area contributed by atoms with Crippen LogP contribution in [-0.2, 0) is 6.54 Å². The lowest BCUT2D eigenvalue weighted by atomic mass is 10.4. The van der Waals surface area contributed by atoms with Crippen molar-refractivity contribution in [2.75, 3.05) is 12.4 Å². The van der Waals surface area contributed by atoms with Crippen molar-refractivity contribution in [3.05, 3.63) is 46.2 Å². The maximum absolute atomic E-state index is 13.3.